The lowest BCUT2D eigenvalue weighted by Crippen LogP contribution is -2.10. The molecule has 3 aromatic rings. The minimum Gasteiger partial charge on any atom is -0.496 e. The zero-order chi connectivity index (χ0) is 17.5. The Morgan fingerprint density at radius 2 is 1.84 bits per heavy atom. The molecule has 0 aliphatic rings. The molecule has 3 rings (SSSR count). The van der Waals surface area contributed by atoms with Gasteiger partial charge in [0.05, 0.1) is 13.3 Å². The number of anilines is 3. The molecule has 0 saturated carbocycles. The van der Waals surface area contributed by atoms with Gasteiger partial charge >= 0.3 is 0 Å². The Balaban J connectivity index is 1.59. The third-order valence-corrected chi connectivity index (χ3v) is 3.75. The first-order valence-corrected chi connectivity index (χ1v) is 8.14. The molecular weight excluding hydrogens is 314 g/mol. The lowest BCUT2D eigenvalue weighted by Gasteiger charge is -2.10. The zero-order valence-corrected chi connectivity index (χ0v) is 14.4. The predicted molar refractivity (Wildman–Crippen MR) is 99.5 cm³/mol. The summed E-state index contributed by atoms with van der Waals surface area (Å²) < 4.78 is 5.36. The largest absolute Gasteiger partial charge is 0.496 e. The fourth-order valence-corrected chi connectivity index (χ4v) is 2.44. The first-order valence-electron chi connectivity index (χ1n) is 8.14. The second-order valence-electron chi connectivity index (χ2n) is 5.64. The van der Waals surface area contributed by atoms with Gasteiger partial charge in [-0.1, -0.05) is 35.9 Å². The number of nitrogens with one attached hydrogen (secondary N) is 2. The maximum absolute atomic E-state index is 5.36. The van der Waals surface area contributed by atoms with Crippen molar-refractivity contribution in [2.75, 3.05) is 24.3 Å². The summed E-state index contributed by atoms with van der Waals surface area (Å²) in [7, 11) is 1.68. The molecule has 0 fully saturated rings. The summed E-state index contributed by atoms with van der Waals surface area (Å²) in [6.45, 7) is 2.75. The first kappa shape index (κ1) is 16.7. The zero-order valence-electron chi connectivity index (χ0n) is 14.4. The van der Waals surface area contributed by atoms with E-state index in [0.29, 0.717) is 18.3 Å². The van der Waals surface area contributed by atoms with E-state index >= 15 is 0 Å². The van der Waals surface area contributed by atoms with Crippen LogP contribution in [0.25, 0.3) is 0 Å². The Labute approximate surface area is 147 Å². The Bertz CT molecular complexity index is 820. The molecule has 0 aliphatic heterocycles. The van der Waals surface area contributed by atoms with E-state index in [2.05, 4.69) is 38.8 Å². The third-order valence-electron chi connectivity index (χ3n) is 3.75. The number of methoxy groups -OCH3 is 1. The number of aromatic nitrogens is 3. The van der Waals surface area contributed by atoms with Crippen molar-refractivity contribution in [3.8, 4) is 5.75 Å². The SMILES string of the molecule is COc1ccccc1CCNc1nncc(Nc2ccc(C)cc2)n1. The van der Waals surface area contributed by atoms with Gasteiger partial charge in [0.15, 0.2) is 5.82 Å². The maximum Gasteiger partial charge on any atom is 0.244 e. The number of rotatable bonds is 7. The molecule has 2 N–H and O–H groups in total. The maximum atomic E-state index is 5.36. The van der Waals surface area contributed by atoms with Gasteiger partial charge in [-0.05, 0) is 37.1 Å². The van der Waals surface area contributed by atoms with Crippen molar-refractivity contribution in [1.29, 1.82) is 0 Å². The highest BCUT2D eigenvalue weighted by molar-refractivity contribution is 5.56. The Morgan fingerprint density at radius 3 is 2.64 bits per heavy atom. The van der Waals surface area contributed by atoms with E-state index in [0.717, 1.165) is 23.4 Å². The van der Waals surface area contributed by atoms with E-state index in [4.69, 9.17) is 4.74 Å². The molecular formula is C19H21N5O. The Morgan fingerprint density at radius 1 is 1.04 bits per heavy atom. The highest BCUT2D eigenvalue weighted by Gasteiger charge is 2.04. The molecule has 6 heteroatoms. The van der Waals surface area contributed by atoms with Crippen molar-refractivity contribution in [3.63, 3.8) is 0 Å². The fraction of sp³-hybridized carbons (Fsp3) is 0.211. The number of nitrogens with zero attached hydrogens (tertiary/aromatic N) is 3. The molecule has 0 unspecified atom stereocenters. The molecule has 6 nitrogen and oxygen atoms in total. The monoisotopic (exact) mass is 335 g/mol. The summed E-state index contributed by atoms with van der Waals surface area (Å²) in [6.07, 6.45) is 2.41. The van der Waals surface area contributed by atoms with Crippen LogP contribution in [0.1, 0.15) is 11.1 Å². The summed E-state index contributed by atoms with van der Waals surface area (Å²) in [5, 5.41) is 14.4. The molecule has 0 saturated heterocycles. The van der Waals surface area contributed by atoms with E-state index in [1.165, 1.54) is 5.56 Å². The number of hydrogen-bond acceptors (Lipinski definition) is 6. The number of benzene rings is 2. The fourth-order valence-electron chi connectivity index (χ4n) is 2.44. The summed E-state index contributed by atoms with van der Waals surface area (Å²) in [5.41, 5.74) is 3.32. The van der Waals surface area contributed by atoms with Crippen molar-refractivity contribution in [2.45, 2.75) is 13.3 Å². The first-order chi connectivity index (χ1) is 12.2. The average molecular weight is 335 g/mol. The second-order valence-corrected chi connectivity index (χ2v) is 5.64. The number of aryl methyl sites for hydroxylation is 1. The van der Waals surface area contributed by atoms with E-state index in [1.54, 1.807) is 13.3 Å². The van der Waals surface area contributed by atoms with Gasteiger partial charge in [-0.15, -0.1) is 5.10 Å². The van der Waals surface area contributed by atoms with Crippen LogP contribution in [0.5, 0.6) is 5.75 Å². The van der Waals surface area contributed by atoms with Crippen molar-refractivity contribution in [1.82, 2.24) is 15.2 Å². The second kappa shape index (κ2) is 8.10. The van der Waals surface area contributed by atoms with Crippen molar-refractivity contribution in [3.05, 3.63) is 65.9 Å². The average Bonchev–Trinajstić information content (AvgIpc) is 2.64. The van der Waals surface area contributed by atoms with Crippen LogP contribution in [0.2, 0.25) is 0 Å². The summed E-state index contributed by atoms with van der Waals surface area (Å²) in [6, 6.07) is 16.1. The van der Waals surface area contributed by atoms with Crippen LogP contribution in [-0.2, 0) is 6.42 Å². The molecule has 25 heavy (non-hydrogen) atoms. The van der Waals surface area contributed by atoms with Crippen LogP contribution in [0.4, 0.5) is 17.5 Å². The molecule has 1 aromatic heterocycles. The van der Waals surface area contributed by atoms with Crippen LogP contribution in [0.15, 0.2) is 54.7 Å². The highest BCUT2D eigenvalue weighted by atomic mass is 16.5. The lowest BCUT2D eigenvalue weighted by atomic mass is 10.1. The molecule has 0 amide bonds. The normalized spacial score (nSPS) is 10.3. The van der Waals surface area contributed by atoms with Crippen LogP contribution in [-0.4, -0.2) is 28.8 Å². The van der Waals surface area contributed by atoms with E-state index in [9.17, 15) is 0 Å². The smallest absolute Gasteiger partial charge is 0.244 e. The predicted octanol–water partition coefficient (Wildman–Crippen LogP) is 3.59. The van der Waals surface area contributed by atoms with Gasteiger partial charge in [0, 0.05) is 12.2 Å². The molecule has 1 heterocycles. The van der Waals surface area contributed by atoms with Gasteiger partial charge in [-0.3, -0.25) is 0 Å². The standard InChI is InChI=1S/C19H21N5O/c1-14-7-9-16(10-8-14)22-18-13-21-24-19(23-18)20-12-11-15-5-3-4-6-17(15)25-2/h3-10,13H,11-12H2,1-2H3,(H2,20,22,23,24). The van der Waals surface area contributed by atoms with Crippen LogP contribution in [0, 0.1) is 6.92 Å². The van der Waals surface area contributed by atoms with E-state index < -0.39 is 0 Å². The minimum absolute atomic E-state index is 0.493. The van der Waals surface area contributed by atoms with Gasteiger partial charge in [0.1, 0.15) is 5.75 Å². The number of hydrogen-bond donors (Lipinski definition) is 2. The van der Waals surface area contributed by atoms with Gasteiger partial charge < -0.3 is 15.4 Å². The van der Waals surface area contributed by atoms with Gasteiger partial charge in [-0.2, -0.15) is 10.1 Å². The minimum atomic E-state index is 0.493. The topological polar surface area (TPSA) is 72.0 Å². The van der Waals surface area contributed by atoms with Crippen LogP contribution >= 0.6 is 0 Å². The van der Waals surface area contributed by atoms with Crippen LogP contribution < -0.4 is 15.4 Å². The Kier molecular flexibility index (Phi) is 5.41. The number of ether oxygens (including phenoxy) is 1. The molecule has 0 spiro atoms. The quantitative estimate of drug-likeness (QED) is 0.687. The van der Waals surface area contributed by atoms with Crippen molar-refractivity contribution >= 4 is 17.5 Å². The molecule has 2 aromatic carbocycles. The lowest BCUT2D eigenvalue weighted by molar-refractivity contribution is 0.410. The highest BCUT2D eigenvalue weighted by Crippen LogP contribution is 2.18. The van der Waals surface area contributed by atoms with Gasteiger partial charge in [0.25, 0.3) is 0 Å². The van der Waals surface area contributed by atoms with Gasteiger partial charge in [-0.25, -0.2) is 0 Å². The molecule has 0 radical (unpaired) electrons. The number of para-hydroxylation sites is 1. The molecule has 128 valence electrons. The van der Waals surface area contributed by atoms with E-state index in [1.807, 2.05) is 42.5 Å². The Hall–Kier alpha value is -3.15. The van der Waals surface area contributed by atoms with Gasteiger partial charge in [0.2, 0.25) is 5.95 Å². The molecule has 0 atom stereocenters. The van der Waals surface area contributed by atoms with Crippen molar-refractivity contribution < 1.29 is 4.74 Å². The van der Waals surface area contributed by atoms with E-state index in [-0.39, 0.29) is 0 Å². The summed E-state index contributed by atoms with van der Waals surface area (Å²) in [5.74, 6) is 2.03. The van der Waals surface area contributed by atoms with Crippen molar-refractivity contribution in [2.24, 2.45) is 0 Å². The summed E-state index contributed by atoms with van der Waals surface area (Å²) >= 11 is 0. The summed E-state index contributed by atoms with van der Waals surface area (Å²) in [4.78, 5) is 4.44. The third kappa shape index (κ3) is 4.67. The molecule has 0 aliphatic carbocycles. The van der Waals surface area contributed by atoms with Crippen LogP contribution in [0.3, 0.4) is 0 Å². The molecule has 0 bridgehead atoms.